The number of amides is 1. The van der Waals surface area contributed by atoms with Gasteiger partial charge >= 0.3 is 0 Å². The van der Waals surface area contributed by atoms with Crippen LogP contribution in [0.1, 0.15) is 22.8 Å². The molecule has 3 nitrogen and oxygen atoms in total. The molecule has 2 rings (SSSR count). The molecule has 1 atom stereocenters. The molecule has 0 aromatic heterocycles. The van der Waals surface area contributed by atoms with E-state index in [1.807, 2.05) is 31.2 Å². The largest absolute Gasteiger partial charge is 0.497 e. The molecule has 0 spiro atoms. The van der Waals surface area contributed by atoms with Gasteiger partial charge < -0.3 is 10.1 Å². The second-order valence-electron chi connectivity index (χ2n) is 4.94. The minimum atomic E-state index is -0.414. The highest BCUT2D eigenvalue weighted by atomic mass is 19.1. The van der Waals surface area contributed by atoms with Gasteiger partial charge in [-0.15, -0.1) is 0 Å². The van der Waals surface area contributed by atoms with Crippen molar-refractivity contribution >= 4 is 5.91 Å². The van der Waals surface area contributed by atoms with Crippen molar-refractivity contribution in [1.82, 2.24) is 5.32 Å². The molecule has 0 bridgehead atoms. The third-order valence-corrected chi connectivity index (χ3v) is 3.14. The zero-order valence-corrected chi connectivity index (χ0v) is 12.1. The molecule has 0 aliphatic carbocycles. The summed E-state index contributed by atoms with van der Waals surface area (Å²) in [5, 5.41) is 2.86. The number of halogens is 1. The number of benzene rings is 2. The minimum Gasteiger partial charge on any atom is -0.497 e. The molecule has 0 radical (unpaired) electrons. The molecule has 21 heavy (non-hydrogen) atoms. The molecule has 0 aliphatic rings. The maximum Gasteiger partial charge on any atom is 0.251 e. The van der Waals surface area contributed by atoms with Crippen molar-refractivity contribution in [2.45, 2.75) is 19.4 Å². The van der Waals surface area contributed by atoms with Crippen molar-refractivity contribution < 1.29 is 13.9 Å². The Kier molecular flexibility index (Phi) is 4.93. The Morgan fingerprint density at radius 1 is 1.24 bits per heavy atom. The normalized spacial score (nSPS) is 11.8. The van der Waals surface area contributed by atoms with E-state index in [2.05, 4.69) is 5.32 Å². The van der Waals surface area contributed by atoms with Gasteiger partial charge in [-0.1, -0.05) is 18.2 Å². The van der Waals surface area contributed by atoms with Gasteiger partial charge in [0.15, 0.2) is 0 Å². The SMILES string of the molecule is COc1cccc(CC(C)NC(=O)c2cccc(F)c2)c1. The smallest absolute Gasteiger partial charge is 0.251 e. The van der Waals surface area contributed by atoms with Crippen LogP contribution in [0, 0.1) is 5.82 Å². The number of carbonyl (C=O) groups excluding carboxylic acids is 1. The lowest BCUT2D eigenvalue weighted by atomic mass is 10.1. The van der Waals surface area contributed by atoms with Crippen molar-refractivity contribution in [2.24, 2.45) is 0 Å². The van der Waals surface area contributed by atoms with Crippen LogP contribution in [0.2, 0.25) is 0 Å². The van der Waals surface area contributed by atoms with Gasteiger partial charge in [-0.05, 0) is 49.2 Å². The van der Waals surface area contributed by atoms with Crippen molar-refractivity contribution in [1.29, 1.82) is 0 Å². The van der Waals surface area contributed by atoms with Gasteiger partial charge in [-0.2, -0.15) is 0 Å². The topological polar surface area (TPSA) is 38.3 Å². The molecule has 0 aliphatic heterocycles. The van der Waals surface area contributed by atoms with E-state index in [0.717, 1.165) is 11.3 Å². The lowest BCUT2D eigenvalue weighted by molar-refractivity contribution is 0.0939. The Hall–Kier alpha value is -2.36. The highest BCUT2D eigenvalue weighted by molar-refractivity contribution is 5.94. The average molecular weight is 287 g/mol. The standard InChI is InChI=1S/C17H18FNO2/c1-12(9-13-5-3-8-16(10-13)21-2)19-17(20)14-6-4-7-15(18)11-14/h3-8,10-12H,9H2,1-2H3,(H,19,20). The van der Waals surface area contributed by atoms with E-state index in [1.54, 1.807) is 13.2 Å². The maximum absolute atomic E-state index is 13.1. The van der Waals surface area contributed by atoms with E-state index in [1.165, 1.54) is 18.2 Å². The van der Waals surface area contributed by atoms with Crippen LogP contribution in [0.4, 0.5) is 4.39 Å². The first-order valence-corrected chi connectivity index (χ1v) is 6.78. The van der Waals surface area contributed by atoms with E-state index < -0.39 is 5.82 Å². The van der Waals surface area contributed by atoms with Gasteiger partial charge in [0.2, 0.25) is 0 Å². The fraction of sp³-hybridized carbons (Fsp3) is 0.235. The molecule has 0 fully saturated rings. The Labute approximate surface area is 123 Å². The summed E-state index contributed by atoms with van der Waals surface area (Å²) in [7, 11) is 1.62. The fourth-order valence-corrected chi connectivity index (χ4v) is 2.14. The minimum absolute atomic E-state index is 0.0622. The van der Waals surface area contributed by atoms with E-state index in [0.29, 0.717) is 12.0 Å². The van der Waals surface area contributed by atoms with E-state index in [4.69, 9.17) is 4.74 Å². The summed E-state index contributed by atoms with van der Waals surface area (Å²) in [5.74, 6) is 0.101. The molecule has 0 heterocycles. The van der Waals surface area contributed by atoms with Crippen LogP contribution in [0.3, 0.4) is 0 Å². The highest BCUT2D eigenvalue weighted by Gasteiger charge is 2.11. The monoisotopic (exact) mass is 287 g/mol. The van der Waals surface area contributed by atoms with Gasteiger partial charge in [-0.3, -0.25) is 4.79 Å². The number of hydrogen-bond acceptors (Lipinski definition) is 2. The van der Waals surface area contributed by atoms with Gasteiger partial charge in [0.1, 0.15) is 11.6 Å². The van der Waals surface area contributed by atoms with E-state index in [-0.39, 0.29) is 11.9 Å². The van der Waals surface area contributed by atoms with Gasteiger partial charge in [0.25, 0.3) is 5.91 Å². The van der Waals surface area contributed by atoms with Crippen molar-refractivity contribution in [3.8, 4) is 5.75 Å². The zero-order chi connectivity index (χ0) is 15.2. The molecule has 0 saturated heterocycles. The van der Waals surface area contributed by atoms with Gasteiger partial charge in [0.05, 0.1) is 7.11 Å². The lowest BCUT2D eigenvalue weighted by Gasteiger charge is -2.14. The predicted molar refractivity (Wildman–Crippen MR) is 80.0 cm³/mol. The summed E-state index contributed by atoms with van der Waals surface area (Å²) < 4.78 is 18.3. The third-order valence-electron chi connectivity index (χ3n) is 3.14. The first-order chi connectivity index (χ1) is 10.1. The molecule has 110 valence electrons. The zero-order valence-electron chi connectivity index (χ0n) is 12.1. The van der Waals surface area contributed by atoms with E-state index in [9.17, 15) is 9.18 Å². The average Bonchev–Trinajstić information content (AvgIpc) is 2.47. The summed E-state index contributed by atoms with van der Waals surface area (Å²) in [6.45, 7) is 1.91. The second-order valence-corrected chi connectivity index (χ2v) is 4.94. The van der Waals surface area contributed by atoms with Gasteiger partial charge in [-0.25, -0.2) is 4.39 Å². The molecule has 0 saturated carbocycles. The van der Waals surface area contributed by atoms with Crippen molar-refractivity contribution in [2.75, 3.05) is 7.11 Å². The number of ether oxygens (including phenoxy) is 1. The molecule has 1 unspecified atom stereocenters. The fourth-order valence-electron chi connectivity index (χ4n) is 2.14. The van der Waals surface area contributed by atoms with Crippen LogP contribution >= 0.6 is 0 Å². The molecule has 1 N–H and O–H groups in total. The molecule has 1 amide bonds. The highest BCUT2D eigenvalue weighted by Crippen LogP contribution is 2.14. The predicted octanol–water partition coefficient (Wildman–Crippen LogP) is 3.20. The molecule has 4 heteroatoms. The number of methoxy groups -OCH3 is 1. The molecular formula is C17H18FNO2. The number of carbonyl (C=O) groups is 1. The Bertz CT molecular complexity index is 628. The third kappa shape index (κ3) is 4.31. The van der Waals surface area contributed by atoms with Crippen molar-refractivity contribution in [3.63, 3.8) is 0 Å². The first kappa shape index (κ1) is 15.0. The number of hydrogen-bond donors (Lipinski definition) is 1. The van der Waals surface area contributed by atoms with Crippen LogP contribution < -0.4 is 10.1 Å². The first-order valence-electron chi connectivity index (χ1n) is 6.78. The van der Waals surface area contributed by atoms with E-state index >= 15 is 0 Å². The molecule has 2 aromatic carbocycles. The van der Waals surface area contributed by atoms with Crippen molar-refractivity contribution in [3.05, 3.63) is 65.5 Å². The number of rotatable bonds is 5. The molecule has 2 aromatic rings. The van der Waals surface area contributed by atoms with Crippen LogP contribution in [0.5, 0.6) is 5.75 Å². The number of nitrogens with one attached hydrogen (secondary N) is 1. The van der Waals surface area contributed by atoms with Crippen LogP contribution in [0.15, 0.2) is 48.5 Å². The Balaban J connectivity index is 1.97. The lowest BCUT2D eigenvalue weighted by Crippen LogP contribution is -2.34. The quantitative estimate of drug-likeness (QED) is 0.917. The van der Waals surface area contributed by atoms with Crippen LogP contribution in [-0.4, -0.2) is 19.1 Å². The maximum atomic E-state index is 13.1. The van der Waals surface area contributed by atoms with Crippen LogP contribution in [-0.2, 0) is 6.42 Å². The summed E-state index contributed by atoms with van der Waals surface area (Å²) in [5.41, 5.74) is 1.40. The van der Waals surface area contributed by atoms with Crippen LogP contribution in [0.25, 0.3) is 0 Å². The summed E-state index contributed by atoms with van der Waals surface area (Å²) >= 11 is 0. The second kappa shape index (κ2) is 6.88. The molecular weight excluding hydrogens is 269 g/mol. The Morgan fingerprint density at radius 2 is 2.00 bits per heavy atom. The summed E-state index contributed by atoms with van der Waals surface area (Å²) in [6.07, 6.45) is 0.679. The van der Waals surface area contributed by atoms with Gasteiger partial charge in [0, 0.05) is 11.6 Å². The summed E-state index contributed by atoms with van der Waals surface area (Å²) in [6, 6.07) is 13.3. The summed E-state index contributed by atoms with van der Waals surface area (Å²) in [4.78, 5) is 12.0. The Morgan fingerprint density at radius 3 is 2.71 bits per heavy atom.